The van der Waals surface area contributed by atoms with Gasteiger partial charge < -0.3 is 10.4 Å². The highest BCUT2D eigenvalue weighted by Crippen LogP contribution is 2.22. The van der Waals surface area contributed by atoms with Crippen LogP contribution in [-0.4, -0.2) is 5.11 Å². The molecule has 0 saturated heterocycles. The fourth-order valence-electron chi connectivity index (χ4n) is 1.89. The fraction of sp³-hybridized carbons (Fsp3) is 0.200. The van der Waals surface area contributed by atoms with Crippen LogP contribution in [0.3, 0.4) is 0 Å². The maximum Gasteiger partial charge on any atom is 0.187 e. The molecule has 0 amide bonds. The van der Waals surface area contributed by atoms with Crippen molar-refractivity contribution in [3.8, 4) is 5.75 Å². The molecule has 6 heteroatoms. The van der Waals surface area contributed by atoms with Gasteiger partial charge in [-0.1, -0.05) is 6.07 Å². The Balaban J connectivity index is 2.07. The molecule has 0 spiro atoms. The molecule has 2 aromatic rings. The summed E-state index contributed by atoms with van der Waals surface area (Å²) in [6.07, 6.45) is 0. The number of halogens is 4. The molecule has 0 aliphatic carbocycles. The molecule has 0 saturated carbocycles. The lowest BCUT2D eigenvalue weighted by atomic mass is 10.1. The first kappa shape index (κ1) is 15.3. The number of nitrogens with one attached hydrogen (secondary N) is 1. The third-order valence-electron chi connectivity index (χ3n) is 3.13. The van der Waals surface area contributed by atoms with Gasteiger partial charge in [-0.25, -0.2) is 17.6 Å². The van der Waals surface area contributed by atoms with E-state index in [-0.39, 0.29) is 18.2 Å². The highest BCUT2D eigenvalue weighted by atomic mass is 19.2. The van der Waals surface area contributed by atoms with E-state index in [0.29, 0.717) is 5.56 Å². The number of rotatable bonds is 4. The Hall–Kier alpha value is -2.08. The smallest absolute Gasteiger partial charge is 0.187 e. The molecule has 0 aliphatic rings. The van der Waals surface area contributed by atoms with Crippen LogP contribution in [0.5, 0.6) is 5.75 Å². The second kappa shape index (κ2) is 6.13. The van der Waals surface area contributed by atoms with E-state index >= 15 is 0 Å². The average Bonchev–Trinajstić information content (AvgIpc) is 2.44. The highest BCUT2D eigenvalue weighted by molar-refractivity contribution is 5.30. The molecule has 1 unspecified atom stereocenters. The van der Waals surface area contributed by atoms with Crippen molar-refractivity contribution in [2.45, 2.75) is 19.5 Å². The standard InChI is InChI=1S/C15H13F4NO/c1-8(10-2-3-11(16)12(17)6-10)20-7-9-4-13(18)15(21)14(19)5-9/h2-6,8,20-21H,7H2,1H3. The van der Waals surface area contributed by atoms with Gasteiger partial charge in [0.05, 0.1) is 0 Å². The van der Waals surface area contributed by atoms with E-state index in [1.807, 2.05) is 0 Å². The molecule has 0 bridgehead atoms. The average molecular weight is 299 g/mol. The van der Waals surface area contributed by atoms with Crippen LogP contribution in [0.25, 0.3) is 0 Å². The van der Waals surface area contributed by atoms with Gasteiger partial charge in [0, 0.05) is 12.6 Å². The largest absolute Gasteiger partial charge is 0.503 e. The maximum absolute atomic E-state index is 13.2. The van der Waals surface area contributed by atoms with Crippen LogP contribution in [0.15, 0.2) is 30.3 Å². The number of aromatic hydroxyl groups is 1. The van der Waals surface area contributed by atoms with Crippen LogP contribution in [-0.2, 0) is 6.54 Å². The lowest BCUT2D eigenvalue weighted by Gasteiger charge is -2.15. The molecule has 2 aromatic carbocycles. The molecule has 0 aromatic heterocycles. The van der Waals surface area contributed by atoms with Gasteiger partial charge in [-0.05, 0) is 42.3 Å². The normalized spacial score (nSPS) is 12.4. The molecule has 2 nitrogen and oxygen atoms in total. The third kappa shape index (κ3) is 3.52. The predicted octanol–water partition coefficient (Wildman–Crippen LogP) is 3.80. The van der Waals surface area contributed by atoms with Crippen molar-refractivity contribution in [1.82, 2.24) is 5.32 Å². The lowest BCUT2D eigenvalue weighted by molar-refractivity contribution is 0.394. The summed E-state index contributed by atoms with van der Waals surface area (Å²) in [5, 5.41) is 11.9. The maximum atomic E-state index is 13.2. The van der Waals surface area contributed by atoms with E-state index in [0.717, 1.165) is 24.3 Å². The Labute approximate surface area is 119 Å². The first-order valence-electron chi connectivity index (χ1n) is 6.23. The topological polar surface area (TPSA) is 32.3 Å². The number of phenols is 1. The van der Waals surface area contributed by atoms with Crippen LogP contribution in [0.1, 0.15) is 24.1 Å². The number of phenolic OH excluding ortho intramolecular Hbond substituents is 1. The molecule has 0 aliphatic heterocycles. The lowest BCUT2D eigenvalue weighted by Crippen LogP contribution is -2.18. The Kier molecular flexibility index (Phi) is 4.47. The quantitative estimate of drug-likeness (QED) is 0.842. The first-order chi connectivity index (χ1) is 9.88. The second-order valence-electron chi connectivity index (χ2n) is 4.68. The minimum Gasteiger partial charge on any atom is -0.503 e. The van der Waals surface area contributed by atoms with Crippen molar-refractivity contribution < 1.29 is 22.7 Å². The molecule has 112 valence electrons. The summed E-state index contributed by atoms with van der Waals surface area (Å²) in [6, 6.07) is 5.16. The van der Waals surface area contributed by atoms with Crippen LogP contribution < -0.4 is 5.32 Å². The summed E-state index contributed by atoms with van der Waals surface area (Å²) in [5.74, 6) is -5.01. The molecule has 1 atom stereocenters. The summed E-state index contributed by atoms with van der Waals surface area (Å²) < 4.78 is 52.3. The highest BCUT2D eigenvalue weighted by Gasteiger charge is 2.12. The van der Waals surface area contributed by atoms with E-state index in [9.17, 15) is 17.6 Å². The van der Waals surface area contributed by atoms with Crippen molar-refractivity contribution in [3.05, 3.63) is 64.7 Å². The van der Waals surface area contributed by atoms with E-state index in [4.69, 9.17) is 5.11 Å². The van der Waals surface area contributed by atoms with Gasteiger partial charge in [0.1, 0.15) is 0 Å². The Bertz CT molecular complexity index is 637. The molecular weight excluding hydrogens is 286 g/mol. The van der Waals surface area contributed by atoms with Gasteiger partial charge in [0.25, 0.3) is 0 Å². The summed E-state index contributed by atoms with van der Waals surface area (Å²) in [5.41, 5.74) is 0.797. The van der Waals surface area contributed by atoms with Crippen molar-refractivity contribution >= 4 is 0 Å². The van der Waals surface area contributed by atoms with Crippen LogP contribution >= 0.6 is 0 Å². The molecule has 0 heterocycles. The number of benzene rings is 2. The van der Waals surface area contributed by atoms with Gasteiger partial charge in [0.15, 0.2) is 29.0 Å². The SMILES string of the molecule is CC(NCc1cc(F)c(O)c(F)c1)c1ccc(F)c(F)c1. The molecule has 2 N–H and O–H groups in total. The van der Waals surface area contributed by atoms with Crippen molar-refractivity contribution in [1.29, 1.82) is 0 Å². The van der Waals surface area contributed by atoms with Crippen LogP contribution in [0.2, 0.25) is 0 Å². The Morgan fingerprint density at radius 3 is 2.14 bits per heavy atom. The third-order valence-corrected chi connectivity index (χ3v) is 3.13. The number of hydrogen-bond donors (Lipinski definition) is 2. The zero-order chi connectivity index (χ0) is 15.6. The first-order valence-corrected chi connectivity index (χ1v) is 6.23. The monoisotopic (exact) mass is 299 g/mol. The number of hydrogen-bond acceptors (Lipinski definition) is 2. The van der Waals surface area contributed by atoms with E-state index in [1.165, 1.54) is 6.07 Å². The van der Waals surface area contributed by atoms with E-state index in [2.05, 4.69) is 5.32 Å². The molecule has 0 fully saturated rings. The second-order valence-corrected chi connectivity index (χ2v) is 4.68. The Morgan fingerprint density at radius 2 is 1.57 bits per heavy atom. The minimum atomic E-state index is -1.05. The zero-order valence-corrected chi connectivity index (χ0v) is 11.1. The predicted molar refractivity (Wildman–Crippen MR) is 69.6 cm³/mol. The van der Waals surface area contributed by atoms with Crippen LogP contribution in [0, 0.1) is 23.3 Å². The molecular formula is C15H13F4NO. The summed E-state index contributed by atoms with van der Waals surface area (Å²) >= 11 is 0. The molecule has 2 rings (SSSR count). The summed E-state index contributed by atoms with van der Waals surface area (Å²) in [7, 11) is 0. The van der Waals surface area contributed by atoms with E-state index < -0.39 is 29.0 Å². The summed E-state index contributed by atoms with van der Waals surface area (Å²) in [6.45, 7) is 1.81. The molecule has 0 radical (unpaired) electrons. The van der Waals surface area contributed by atoms with E-state index in [1.54, 1.807) is 6.92 Å². The zero-order valence-electron chi connectivity index (χ0n) is 11.1. The Morgan fingerprint density at radius 1 is 0.952 bits per heavy atom. The van der Waals surface area contributed by atoms with Crippen molar-refractivity contribution in [2.75, 3.05) is 0 Å². The van der Waals surface area contributed by atoms with Gasteiger partial charge in [-0.2, -0.15) is 0 Å². The molecule has 21 heavy (non-hydrogen) atoms. The van der Waals surface area contributed by atoms with Gasteiger partial charge in [0.2, 0.25) is 0 Å². The minimum absolute atomic E-state index is 0.105. The van der Waals surface area contributed by atoms with Gasteiger partial charge in [-0.3, -0.25) is 0 Å². The van der Waals surface area contributed by atoms with Crippen molar-refractivity contribution in [3.63, 3.8) is 0 Å². The van der Waals surface area contributed by atoms with Gasteiger partial charge in [-0.15, -0.1) is 0 Å². The van der Waals surface area contributed by atoms with Crippen molar-refractivity contribution in [2.24, 2.45) is 0 Å². The summed E-state index contributed by atoms with van der Waals surface area (Å²) in [4.78, 5) is 0. The van der Waals surface area contributed by atoms with Gasteiger partial charge >= 0.3 is 0 Å². The van der Waals surface area contributed by atoms with Crippen LogP contribution in [0.4, 0.5) is 17.6 Å². The fourth-order valence-corrected chi connectivity index (χ4v) is 1.89.